The second-order valence-electron chi connectivity index (χ2n) is 7.61. The van der Waals surface area contributed by atoms with Crippen molar-refractivity contribution in [2.75, 3.05) is 11.9 Å². The van der Waals surface area contributed by atoms with E-state index in [2.05, 4.69) is 29.8 Å². The first kappa shape index (κ1) is 20.1. The summed E-state index contributed by atoms with van der Waals surface area (Å²) in [5.74, 6) is 1.51. The van der Waals surface area contributed by atoms with Gasteiger partial charge in [-0.25, -0.2) is 0 Å². The van der Waals surface area contributed by atoms with Crippen molar-refractivity contribution in [3.63, 3.8) is 0 Å². The third-order valence-corrected chi connectivity index (χ3v) is 5.68. The summed E-state index contributed by atoms with van der Waals surface area (Å²) in [7, 11) is 0. The molecule has 2 aromatic rings. The van der Waals surface area contributed by atoms with Gasteiger partial charge in [-0.1, -0.05) is 38.8 Å². The summed E-state index contributed by atoms with van der Waals surface area (Å²) < 4.78 is 5.23. The monoisotopic (exact) mass is 383 g/mol. The van der Waals surface area contributed by atoms with E-state index in [1.54, 1.807) is 42.7 Å². The summed E-state index contributed by atoms with van der Waals surface area (Å²) in [5, 5.41) is 9.06. The molecule has 0 radical (unpaired) electrons. The van der Waals surface area contributed by atoms with Crippen LogP contribution in [0.3, 0.4) is 0 Å². The van der Waals surface area contributed by atoms with Gasteiger partial charge in [0, 0.05) is 6.04 Å². The molecule has 1 aliphatic carbocycles. The Kier molecular flexibility index (Phi) is 6.87. The molecular weight excluding hydrogens is 354 g/mol. The van der Waals surface area contributed by atoms with E-state index in [1.165, 1.54) is 12.8 Å². The van der Waals surface area contributed by atoms with Crippen molar-refractivity contribution in [2.24, 2.45) is 11.8 Å². The maximum atomic E-state index is 12.5. The second kappa shape index (κ2) is 9.55. The van der Waals surface area contributed by atoms with Crippen LogP contribution in [-0.2, 0) is 11.3 Å². The minimum absolute atomic E-state index is 0.142. The summed E-state index contributed by atoms with van der Waals surface area (Å²) in [6, 6.07) is 11.0. The maximum Gasteiger partial charge on any atom is 0.253 e. The molecule has 6 nitrogen and oxygen atoms in total. The first-order chi connectivity index (χ1) is 13.5. The van der Waals surface area contributed by atoms with Crippen LogP contribution >= 0.6 is 0 Å². The molecule has 3 rings (SSSR count). The van der Waals surface area contributed by atoms with Gasteiger partial charge in [-0.3, -0.25) is 9.59 Å². The highest BCUT2D eigenvalue weighted by molar-refractivity contribution is 6.04. The molecule has 28 heavy (non-hydrogen) atoms. The van der Waals surface area contributed by atoms with Gasteiger partial charge in [0.05, 0.1) is 30.6 Å². The van der Waals surface area contributed by atoms with Crippen molar-refractivity contribution in [3.05, 3.63) is 54.0 Å². The molecule has 6 heteroatoms. The predicted octanol–water partition coefficient (Wildman–Crippen LogP) is 3.56. The van der Waals surface area contributed by atoms with E-state index in [0.29, 0.717) is 41.4 Å². The van der Waals surface area contributed by atoms with Crippen molar-refractivity contribution in [2.45, 2.75) is 45.7 Å². The van der Waals surface area contributed by atoms with Gasteiger partial charge >= 0.3 is 0 Å². The Hall–Kier alpha value is -2.60. The molecule has 3 unspecified atom stereocenters. The first-order valence-corrected chi connectivity index (χ1v) is 9.97. The number of rotatable bonds is 7. The Bertz CT molecular complexity index is 788. The number of hydrogen-bond acceptors (Lipinski definition) is 4. The maximum absolute atomic E-state index is 12.5. The zero-order valence-electron chi connectivity index (χ0n) is 16.5. The fourth-order valence-electron chi connectivity index (χ4n) is 3.75. The Morgan fingerprint density at radius 1 is 1.11 bits per heavy atom. The van der Waals surface area contributed by atoms with E-state index in [9.17, 15) is 9.59 Å². The zero-order chi connectivity index (χ0) is 19.9. The van der Waals surface area contributed by atoms with Crippen LogP contribution < -0.4 is 16.0 Å². The Balaban J connectivity index is 1.55. The number of para-hydroxylation sites is 1. The number of carbonyl (C=O) groups excluding carboxylic acids is 2. The summed E-state index contributed by atoms with van der Waals surface area (Å²) >= 11 is 0. The molecule has 0 aliphatic heterocycles. The summed E-state index contributed by atoms with van der Waals surface area (Å²) in [6.07, 6.45) is 5.12. The normalized spacial score (nSPS) is 21.9. The quantitative estimate of drug-likeness (QED) is 0.683. The Labute approximate surface area is 166 Å². The van der Waals surface area contributed by atoms with Gasteiger partial charge in [0.1, 0.15) is 5.76 Å². The number of amides is 2. The fourth-order valence-corrected chi connectivity index (χ4v) is 3.75. The van der Waals surface area contributed by atoms with Gasteiger partial charge < -0.3 is 20.4 Å². The van der Waals surface area contributed by atoms with Crippen LogP contribution in [0.4, 0.5) is 5.69 Å². The molecule has 2 amide bonds. The summed E-state index contributed by atoms with van der Waals surface area (Å²) in [5.41, 5.74) is 0.943. The number of benzene rings is 1. The van der Waals surface area contributed by atoms with Crippen LogP contribution in [0.5, 0.6) is 0 Å². The number of carbonyl (C=O) groups is 2. The lowest BCUT2D eigenvalue weighted by molar-refractivity contribution is -0.115. The highest BCUT2D eigenvalue weighted by Gasteiger charge is 2.27. The van der Waals surface area contributed by atoms with E-state index in [0.717, 1.165) is 6.42 Å². The molecule has 150 valence electrons. The average molecular weight is 383 g/mol. The molecule has 1 aromatic carbocycles. The van der Waals surface area contributed by atoms with Gasteiger partial charge in [0.25, 0.3) is 5.91 Å². The third kappa shape index (κ3) is 5.23. The van der Waals surface area contributed by atoms with Crippen LogP contribution in [0.2, 0.25) is 0 Å². The molecule has 1 aliphatic rings. The molecular formula is C22H29N3O3. The summed E-state index contributed by atoms with van der Waals surface area (Å²) in [6.45, 7) is 5.06. The molecule has 1 aromatic heterocycles. The lowest BCUT2D eigenvalue weighted by atomic mass is 9.78. The summed E-state index contributed by atoms with van der Waals surface area (Å²) in [4.78, 5) is 24.9. The van der Waals surface area contributed by atoms with Crippen molar-refractivity contribution in [3.8, 4) is 0 Å². The standard InChI is InChI=1S/C22H29N3O3/c1-15-7-5-11-19(16(15)2)23-14-21(26)25-20-10-4-3-9-18(20)22(27)24-13-17-8-6-12-28-17/h3-4,6,8-10,12,15-16,19,23H,5,7,11,13-14H2,1-2H3,(H,24,27)(H,25,26). The fraction of sp³-hybridized carbons (Fsp3) is 0.455. The van der Waals surface area contributed by atoms with Crippen molar-refractivity contribution in [1.29, 1.82) is 0 Å². The number of anilines is 1. The molecule has 0 spiro atoms. The van der Waals surface area contributed by atoms with Crippen molar-refractivity contribution >= 4 is 17.5 Å². The van der Waals surface area contributed by atoms with Gasteiger partial charge in [0.15, 0.2) is 0 Å². The van der Waals surface area contributed by atoms with Crippen LogP contribution in [0.25, 0.3) is 0 Å². The van der Waals surface area contributed by atoms with E-state index in [-0.39, 0.29) is 18.4 Å². The molecule has 3 atom stereocenters. The molecule has 1 fully saturated rings. The molecule has 0 saturated heterocycles. The van der Waals surface area contributed by atoms with Gasteiger partial charge in [-0.2, -0.15) is 0 Å². The smallest absolute Gasteiger partial charge is 0.253 e. The van der Waals surface area contributed by atoms with Crippen LogP contribution in [0, 0.1) is 11.8 Å². The molecule has 3 N–H and O–H groups in total. The van der Waals surface area contributed by atoms with Crippen LogP contribution in [-0.4, -0.2) is 24.4 Å². The Morgan fingerprint density at radius 2 is 1.93 bits per heavy atom. The predicted molar refractivity (Wildman–Crippen MR) is 109 cm³/mol. The van der Waals surface area contributed by atoms with E-state index >= 15 is 0 Å². The molecule has 1 heterocycles. The third-order valence-electron chi connectivity index (χ3n) is 5.68. The SMILES string of the molecule is CC1CCCC(NCC(=O)Nc2ccccc2C(=O)NCc2ccco2)C1C. The number of furan rings is 1. The largest absolute Gasteiger partial charge is 0.467 e. The lowest BCUT2D eigenvalue weighted by Crippen LogP contribution is -2.44. The van der Waals surface area contributed by atoms with E-state index < -0.39 is 0 Å². The molecule has 1 saturated carbocycles. The second-order valence-corrected chi connectivity index (χ2v) is 7.61. The number of hydrogen-bond donors (Lipinski definition) is 3. The minimum atomic E-state index is -0.255. The average Bonchev–Trinajstić information content (AvgIpc) is 3.21. The van der Waals surface area contributed by atoms with Gasteiger partial charge in [0.2, 0.25) is 5.91 Å². The van der Waals surface area contributed by atoms with Crippen molar-refractivity contribution < 1.29 is 14.0 Å². The molecule has 0 bridgehead atoms. The van der Waals surface area contributed by atoms with E-state index in [4.69, 9.17) is 4.42 Å². The minimum Gasteiger partial charge on any atom is -0.467 e. The van der Waals surface area contributed by atoms with Crippen LogP contribution in [0.1, 0.15) is 49.2 Å². The zero-order valence-corrected chi connectivity index (χ0v) is 16.5. The van der Waals surface area contributed by atoms with Crippen molar-refractivity contribution in [1.82, 2.24) is 10.6 Å². The first-order valence-electron chi connectivity index (χ1n) is 9.97. The van der Waals surface area contributed by atoms with Gasteiger partial charge in [-0.15, -0.1) is 0 Å². The van der Waals surface area contributed by atoms with Crippen LogP contribution in [0.15, 0.2) is 47.1 Å². The van der Waals surface area contributed by atoms with Gasteiger partial charge in [-0.05, 0) is 42.5 Å². The highest BCUT2D eigenvalue weighted by Crippen LogP contribution is 2.29. The topological polar surface area (TPSA) is 83.4 Å². The Morgan fingerprint density at radius 3 is 2.71 bits per heavy atom. The van der Waals surface area contributed by atoms with E-state index in [1.807, 2.05) is 0 Å². The number of nitrogens with one attached hydrogen (secondary N) is 3. The lowest BCUT2D eigenvalue weighted by Gasteiger charge is -2.34. The highest BCUT2D eigenvalue weighted by atomic mass is 16.3.